The number of unbranched alkanes of at least 4 members (excludes halogenated alkanes) is 1. The third-order valence-electron chi connectivity index (χ3n) is 4.36. The number of carboxylic acid groups (broad SMARTS) is 2. The van der Waals surface area contributed by atoms with E-state index in [1.807, 2.05) is 13.8 Å². The molecule has 0 saturated carbocycles. The lowest BCUT2D eigenvalue weighted by atomic mass is 9.98. The molecule has 0 aliphatic carbocycles. The van der Waals surface area contributed by atoms with Crippen LogP contribution in [0.1, 0.15) is 60.2 Å². The molecule has 0 fully saturated rings. The number of carbonyl (C=O) groups is 3. The number of hydrogen-bond donors (Lipinski definition) is 2. The smallest absolute Gasteiger partial charge is 0.336 e. The van der Waals surface area contributed by atoms with Crippen LogP contribution >= 0.6 is 0 Å². The zero-order chi connectivity index (χ0) is 19.3. The minimum absolute atomic E-state index is 0.104. The summed E-state index contributed by atoms with van der Waals surface area (Å²) in [5, 5.41) is 19.3. The first-order valence-corrected chi connectivity index (χ1v) is 8.64. The molecule has 138 valence electrons. The van der Waals surface area contributed by atoms with Crippen LogP contribution in [0.5, 0.6) is 5.75 Å². The summed E-state index contributed by atoms with van der Waals surface area (Å²) in [5.41, 5.74) is -0.308. The number of rotatable bonds is 8. The van der Waals surface area contributed by atoms with Crippen molar-refractivity contribution in [1.29, 1.82) is 0 Å². The van der Waals surface area contributed by atoms with E-state index in [-0.39, 0.29) is 28.2 Å². The number of benzene rings is 2. The van der Waals surface area contributed by atoms with Crippen molar-refractivity contribution >= 4 is 28.7 Å². The summed E-state index contributed by atoms with van der Waals surface area (Å²) in [7, 11) is 0. The van der Waals surface area contributed by atoms with Gasteiger partial charge >= 0.3 is 17.9 Å². The zero-order valence-electron chi connectivity index (χ0n) is 14.8. The first-order valence-electron chi connectivity index (χ1n) is 8.64. The molecule has 6 nitrogen and oxygen atoms in total. The third kappa shape index (κ3) is 4.20. The second kappa shape index (κ2) is 8.47. The summed E-state index contributed by atoms with van der Waals surface area (Å²) in [5.74, 6) is -3.03. The van der Waals surface area contributed by atoms with Crippen LogP contribution in [0.15, 0.2) is 30.3 Å². The van der Waals surface area contributed by atoms with Gasteiger partial charge in [0.25, 0.3) is 0 Å². The summed E-state index contributed by atoms with van der Waals surface area (Å²) >= 11 is 0. The SMILES string of the molecule is CCCCC(CC)C(=O)Oc1cc(C(=O)O)c2c(C(=O)O)cccc2c1. The number of carbonyl (C=O) groups excluding carboxylic acids is 1. The summed E-state index contributed by atoms with van der Waals surface area (Å²) < 4.78 is 5.41. The van der Waals surface area contributed by atoms with Gasteiger partial charge in [-0.25, -0.2) is 9.59 Å². The highest BCUT2D eigenvalue weighted by molar-refractivity contribution is 6.13. The molecule has 1 atom stereocenters. The van der Waals surface area contributed by atoms with Crippen LogP contribution in [0.3, 0.4) is 0 Å². The van der Waals surface area contributed by atoms with Crippen molar-refractivity contribution in [1.82, 2.24) is 0 Å². The summed E-state index contributed by atoms with van der Waals surface area (Å²) in [6.45, 7) is 3.95. The zero-order valence-corrected chi connectivity index (χ0v) is 14.8. The highest BCUT2D eigenvalue weighted by Gasteiger charge is 2.21. The molecule has 0 amide bonds. The van der Waals surface area contributed by atoms with Gasteiger partial charge in [0.2, 0.25) is 0 Å². The van der Waals surface area contributed by atoms with Gasteiger partial charge in [0.05, 0.1) is 17.0 Å². The number of hydrogen-bond acceptors (Lipinski definition) is 4. The van der Waals surface area contributed by atoms with Crippen molar-refractivity contribution < 1.29 is 29.3 Å². The Hall–Kier alpha value is -2.89. The number of carboxylic acids is 2. The highest BCUT2D eigenvalue weighted by atomic mass is 16.5. The molecule has 6 heteroatoms. The number of esters is 1. The van der Waals surface area contributed by atoms with E-state index < -0.39 is 17.9 Å². The predicted molar refractivity (Wildman–Crippen MR) is 96.8 cm³/mol. The maximum absolute atomic E-state index is 12.4. The van der Waals surface area contributed by atoms with Gasteiger partial charge in [-0.15, -0.1) is 0 Å². The van der Waals surface area contributed by atoms with Gasteiger partial charge in [0.1, 0.15) is 5.75 Å². The largest absolute Gasteiger partial charge is 0.478 e. The average Bonchev–Trinajstić information content (AvgIpc) is 2.60. The lowest BCUT2D eigenvalue weighted by Crippen LogP contribution is -2.20. The Bertz CT molecular complexity index is 840. The molecule has 26 heavy (non-hydrogen) atoms. The molecule has 0 saturated heterocycles. The number of fused-ring (bicyclic) bond motifs is 1. The molecule has 0 aliphatic rings. The lowest BCUT2D eigenvalue weighted by Gasteiger charge is -2.15. The molecular weight excluding hydrogens is 336 g/mol. The van der Waals surface area contributed by atoms with E-state index >= 15 is 0 Å². The molecule has 0 aliphatic heterocycles. The minimum Gasteiger partial charge on any atom is -0.478 e. The number of aromatic carboxylic acids is 2. The Morgan fingerprint density at radius 3 is 2.31 bits per heavy atom. The quantitative estimate of drug-likeness (QED) is 0.537. The van der Waals surface area contributed by atoms with Gasteiger partial charge < -0.3 is 14.9 Å². The average molecular weight is 358 g/mol. The maximum atomic E-state index is 12.4. The first-order chi connectivity index (χ1) is 12.4. The van der Waals surface area contributed by atoms with Gasteiger partial charge in [0, 0.05) is 5.39 Å². The van der Waals surface area contributed by atoms with E-state index in [4.69, 9.17) is 4.74 Å². The van der Waals surface area contributed by atoms with E-state index in [1.54, 1.807) is 6.07 Å². The van der Waals surface area contributed by atoms with Gasteiger partial charge in [-0.05, 0) is 36.4 Å². The molecular formula is C20H22O6. The molecule has 2 aromatic rings. The standard InChI is InChI=1S/C20H22O6/c1-3-5-7-12(4-2)20(25)26-14-10-13-8-6-9-15(18(21)22)17(13)16(11-14)19(23)24/h6,8-12H,3-5,7H2,1-2H3,(H,21,22)(H,23,24). The summed E-state index contributed by atoms with van der Waals surface area (Å²) in [6, 6.07) is 7.18. The lowest BCUT2D eigenvalue weighted by molar-refractivity contribution is -0.139. The predicted octanol–water partition coefficient (Wildman–Crippen LogP) is 4.36. The fraction of sp³-hybridized carbons (Fsp3) is 0.350. The molecule has 2 aromatic carbocycles. The molecule has 0 radical (unpaired) electrons. The van der Waals surface area contributed by atoms with Crippen LogP contribution in [0.25, 0.3) is 10.8 Å². The van der Waals surface area contributed by atoms with Crippen molar-refractivity contribution in [2.24, 2.45) is 5.92 Å². The van der Waals surface area contributed by atoms with Crippen LogP contribution in [-0.4, -0.2) is 28.1 Å². The molecule has 1 unspecified atom stereocenters. The van der Waals surface area contributed by atoms with Crippen LogP contribution in [-0.2, 0) is 4.79 Å². The van der Waals surface area contributed by atoms with Crippen LogP contribution in [0.2, 0.25) is 0 Å². The monoisotopic (exact) mass is 358 g/mol. The van der Waals surface area contributed by atoms with Crippen molar-refractivity contribution in [2.45, 2.75) is 39.5 Å². The van der Waals surface area contributed by atoms with Crippen molar-refractivity contribution in [3.8, 4) is 5.75 Å². The fourth-order valence-electron chi connectivity index (χ4n) is 2.94. The Balaban J connectivity index is 2.45. The van der Waals surface area contributed by atoms with Gasteiger partial charge in [0.15, 0.2) is 0 Å². The van der Waals surface area contributed by atoms with Crippen molar-refractivity contribution in [3.05, 3.63) is 41.5 Å². The minimum atomic E-state index is -1.28. The third-order valence-corrected chi connectivity index (χ3v) is 4.36. The van der Waals surface area contributed by atoms with E-state index in [9.17, 15) is 24.6 Å². The van der Waals surface area contributed by atoms with Gasteiger partial charge in [-0.1, -0.05) is 38.8 Å². The first kappa shape index (κ1) is 19.4. The fourth-order valence-corrected chi connectivity index (χ4v) is 2.94. The molecule has 2 rings (SSSR count). The topological polar surface area (TPSA) is 101 Å². The van der Waals surface area contributed by atoms with Crippen LogP contribution in [0.4, 0.5) is 0 Å². The Labute approximate surface area is 151 Å². The highest BCUT2D eigenvalue weighted by Crippen LogP contribution is 2.29. The van der Waals surface area contributed by atoms with Crippen LogP contribution < -0.4 is 4.74 Å². The van der Waals surface area contributed by atoms with E-state index in [0.29, 0.717) is 18.2 Å². The molecule has 0 aromatic heterocycles. The second-order valence-electron chi connectivity index (χ2n) is 6.15. The maximum Gasteiger partial charge on any atom is 0.336 e. The summed E-state index contributed by atoms with van der Waals surface area (Å²) in [4.78, 5) is 35.4. The van der Waals surface area contributed by atoms with Gasteiger partial charge in [-0.3, -0.25) is 4.79 Å². The molecule has 0 bridgehead atoms. The molecule has 0 spiro atoms. The second-order valence-corrected chi connectivity index (χ2v) is 6.15. The van der Waals surface area contributed by atoms with Crippen molar-refractivity contribution in [2.75, 3.05) is 0 Å². The Morgan fingerprint density at radius 1 is 1.04 bits per heavy atom. The van der Waals surface area contributed by atoms with E-state index in [2.05, 4.69) is 0 Å². The van der Waals surface area contributed by atoms with E-state index in [0.717, 1.165) is 12.8 Å². The Morgan fingerprint density at radius 2 is 1.73 bits per heavy atom. The van der Waals surface area contributed by atoms with E-state index in [1.165, 1.54) is 24.3 Å². The molecule has 2 N–H and O–H groups in total. The molecule has 0 heterocycles. The van der Waals surface area contributed by atoms with Gasteiger partial charge in [-0.2, -0.15) is 0 Å². The Kier molecular flexibility index (Phi) is 6.33. The van der Waals surface area contributed by atoms with Crippen molar-refractivity contribution in [3.63, 3.8) is 0 Å². The number of ether oxygens (including phenoxy) is 1. The van der Waals surface area contributed by atoms with Crippen LogP contribution in [0, 0.1) is 5.92 Å². The normalized spacial score (nSPS) is 11.9. The summed E-state index contributed by atoms with van der Waals surface area (Å²) in [6.07, 6.45) is 3.24.